The molecule has 1 rings (SSSR count). The van der Waals surface area contributed by atoms with Gasteiger partial charge in [-0.3, -0.25) is 0 Å². The first kappa shape index (κ1) is 13.5. The van der Waals surface area contributed by atoms with Crippen molar-refractivity contribution in [2.45, 2.75) is 32.1 Å². The molecule has 1 aliphatic carbocycles. The molecule has 0 spiro atoms. The zero-order chi connectivity index (χ0) is 12.0. The molecule has 0 heterocycles. The predicted octanol–water partition coefficient (Wildman–Crippen LogP) is 5.29. The van der Waals surface area contributed by atoms with Gasteiger partial charge >= 0.3 is 0 Å². The summed E-state index contributed by atoms with van der Waals surface area (Å²) in [7, 11) is 0. The monoisotopic (exact) mass is 226 g/mol. The Hall–Kier alpha value is -1.56. The van der Waals surface area contributed by atoms with E-state index in [1.807, 2.05) is 24.3 Å². The summed E-state index contributed by atoms with van der Waals surface area (Å²) in [4.78, 5) is 0. The van der Waals surface area contributed by atoms with Crippen LogP contribution < -0.4 is 0 Å². The van der Waals surface area contributed by atoms with Crippen LogP contribution in [0.1, 0.15) is 32.1 Å². The van der Waals surface area contributed by atoms with Crippen molar-refractivity contribution in [2.24, 2.45) is 0 Å². The van der Waals surface area contributed by atoms with Crippen LogP contribution in [-0.2, 0) is 0 Å². The first-order valence-corrected chi connectivity index (χ1v) is 6.48. The van der Waals surface area contributed by atoms with Crippen LogP contribution in [0.25, 0.3) is 0 Å². The zero-order valence-electron chi connectivity index (χ0n) is 10.5. The second kappa shape index (κ2) is 10.9. The minimum absolute atomic E-state index is 1.19. The summed E-state index contributed by atoms with van der Waals surface area (Å²) in [6, 6.07) is 0. The number of hydrogen-bond acceptors (Lipinski definition) is 0. The van der Waals surface area contributed by atoms with Crippen molar-refractivity contribution in [3.05, 3.63) is 72.9 Å². The van der Waals surface area contributed by atoms with E-state index < -0.39 is 0 Å². The molecule has 0 heteroatoms. The molecule has 90 valence electrons. The van der Waals surface area contributed by atoms with Gasteiger partial charge in [0.15, 0.2) is 0 Å². The van der Waals surface area contributed by atoms with Crippen LogP contribution in [0.15, 0.2) is 72.9 Å². The molecule has 0 atom stereocenters. The number of hydrogen-bond donors (Lipinski definition) is 0. The van der Waals surface area contributed by atoms with Gasteiger partial charge in [0.1, 0.15) is 0 Å². The van der Waals surface area contributed by atoms with Crippen LogP contribution in [0.5, 0.6) is 0 Å². The van der Waals surface area contributed by atoms with E-state index in [2.05, 4.69) is 48.6 Å². The summed E-state index contributed by atoms with van der Waals surface area (Å²) >= 11 is 0. The van der Waals surface area contributed by atoms with E-state index in [4.69, 9.17) is 0 Å². The molecule has 0 bridgehead atoms. The molecule has 0 radical (unpaired) electrons. The normalized spacial score (nSPS) is 29.6. The molecule has 1 aliphatic rings. The third kappa shape index (κ3) is 9.37. The fourth-order valence-electron chi connectivity index (χ4n) is 1.56. The van der Waals surface area contributed by atoms with Crippen molar-refractivity contribution in [2.75, 3.05) is 0 Å². The Morgan fingerprint density at radius 1 is 0.353 bits per heavy atom. The van der Waals surface area contributed by atoms with Gasteiger partial charge in [-0.25, -0.2) is 0 Å². The first-order chi connectivity index (χ1) is 8.50. The van der Waals surface area contributed by atoms with E-state index in [0.29, 0.717) is 0 Å². The highest BCUT2D eigenvalue weighted by molar-refractivity contribution is 5.19. The number of allylic oxidation sites excluding steroid dienone is 12. The third-order valence-electron chi connectivity index (χ3n) is 2.51. The van der Waals surface area contributed by atoms with Crippen LogP contribution in [0.4, 0.5) is 0 Å². The van der Waals surface area contributed by atoms with Gasteiger partial charge in [0.05, 0.1) is 0 Å². The Balaban J connectivity index is 2.45. The molecule has 17 heavy (non-hydrogen) atoms. The molecule has 0 saturated carbocycles. The fourth-order valence-corrected chi connectivity index (χ4v) is 1.56. The molecule has 0 aromatic rings. The SMILES string of the molecule is C1=C\C=C\C=C/C=C/C=C/CCCCC\C=C/1. The Morgan fingerprint density at radius 2 is 0.706 bits per heavy atom. The first-order valence-electron chi connectivity index (χ1n) is 6.48. The third-order valence-corrected chi connectivity index (χ3v) is 2.51. The predicted molar refractivity (Wildman–Crippen MR) is 77.9 cm³/mol. The van der Waals surface area contributed by atoms with Gasteiger partial charge in [-0.05, 0) is 25.7 Å². The van der Waals surface area contributed by atoms with Crippen LogP contribution in [0.2, 0.25) is 0 Å². The summed E-state index contributed by atoms with van der Waals surface area (Å²) < 4.78 is 0. The second-order valence-electron chi connectivity index (χ2n) is 4.03. The molecule has 0 unspecified atom stereocenters. The standard InChI is InChI=1S/C17H22/c1-2-4-6-8-10-12-14-16-17-15-13-11-9-7-5-3-1/h1-12H,13-17H2/b3-1-,4-2+,7-5+,8-6-,11-9+,12-10-. The average Bonchev–Trinajstić information content (AvgIpc) is 2.35. The molecule has 0 amide bonds. The molecule has 0 aromatic carbocycles. The summed E-state index contributed by atoms with van der Waals surface area (Å²) in [6.45, 7) is 0. The Kier molecular flexibility index (Phi) is 8.69. The highest BCUT2D eigenvalue weighted by Crippen LogP contribution is 2.04. The molecule has 0 fully saturated rings. The molecular formula is C17H22. The lowest BCUT2D eigenvalue weighted by Crippen LogP contribution is -1.74. The molecule has 0 aliphatic heterocycles. The van der Waals surface area contributed by atoms with Gasteiger partial charge < -0.3 is 0 Å². The quantitative estimate of drug-likeness (QED) is 0.526. The highest BCUT2D eigenvalue weighted by atomic mass is 13.9. The van der Waals surface area contributed by atoms with Gasteiger partial charge in [-0.15, -0.1) is 0 Å². The molecule has 0 nitrogen and oxygen atoms in total. The molecule has 0 saturated heterocycles. The molecule has 0 aromatic heterocycles. The van der Waals surface area contributed by atoms with Crippen molar-refractivity contribution in [1.29, 1.82) is 0 Å². The molecular weight excluding hydrogens is 204 g/mol. The van der Waals surface area contributed by atoms with Crippen molar-refractivity contribution in [3.8, 4) is 0 Å². The maximum absolute atomic E-state index is 2.25. The minimum Gasteiger partial charge on any atom is -0.0845 e. The molecule has 0 N–H and O–H groups in total. The van der Waals surface area contributed by atoms with Crippen LogP contribution in [0.3, 0.4) is 0 Å². The minimum atomic E-state index is 1.19. The van der Waals surface area contributed by atoms with Crippen LogP contribution in [0, 0.1) is 0 Å². The van der Waals surface area contributed by atoms with Crippen molar-refractivity contribution in [3.63, 3.8) is 0 Å². The van der Waals surface area contributed by atoms with Crippen molar-refractivity contribution >= 4 is 0 Å². The second-order valence-corrected chi connectivity index (χ2v) is 4.03. The summed E-state index contributed by atoms with van der Waals surface area (Å²) in [5, 5.41) is 0. The highest BCUT2D eigenvalue weighted by Gasteiger charge is 1.84. The van der Waals surface area contributed by atoms with Crippen molar-refractivity contribution in [1.82, 2.24) is 0 Å². The van der Waals surface area contributed by atoms with Crippen molar-refractivity contribution < 1.29 is 0 Å². The average molecular weight is 226 g/mol. The summed E-state index contributed by atoms with van der Waals surface area (Å²) in [5.74, 6) is 0. The van der Waals surface area contributed by atoms with Crippen LogP contribution >= 0.6 is 0 Å². The van der Waals surface area contributed by atoms with E-state index in [0.717, 1.165) is 0 Å². The lowest BCUT2D eigenvalue weighted by Gasteiger charge is -1.94. The smallest absolute Gasteiger partial charge is 0.0348 e. The lowest BCUT2D eigenvalue weighted by atomic mass is 10.1. The lowest BCUT2D eigenvalue weighted by molar-refractivity contribution is 0.696. The Labute approximate surface area is 105 Å². The maximum Gasteiger partial charge on any atom is -0.0348 e. The van der Waals surface area contributed by atoms with E-state index in [1.54, 1.807) is 0 Å². The van der Waals surface area contributed by atoms with Crippen LogP contribution in [-0.4, -0.2) is 0 Å². The summed E-state index contributed by atoms with van der Waals surface area (Å²) in [6.07, 6.45) is 31.5. The largest absolute Gasteiger partial charge is 0.0845 e. The van der Waals surface area contributed by atoms with Gasteiger partial charge in [0, 0.05) is 0 Å². The summed E-state index contributed by atoms with van der Waals surface area (Å²) in [5.41, 5.74) is 0. The van der Waals surface area contributed by atoms with Gasteiger partial charge in [0.2, 0.25) is 0 Å². The van der Waals surface area contributed by atoms with E-state index in [-0.39, 0.29) is 0 Å². The zero-order valence-corrected chi connectivity index (χ0v) is 10.5. The van der Waals surface area contributed by atoms with Gasteiger partial charge in [-0.2, -0.15) is 0 Å². The maximum atomic E-state index is 2.25. The number of rotatable bonds is 0. The van der Waals surface area contributed by atoms with E-state index in [9.17, 15) is 0 Å². The Morgan fingerprint density at radius 3 is 1.12 bits per heavy atom. The Bertz CT molecular complexity index is 301. The van der Waals surface area contributed by atoms with E-state index in [1.165, 1.54) is 32.1 Å². The van der Waals surface area contributed by atoms with Gasteiger partial charge in [0.25, 0.3) is 0 Å². The van der Waals surface area contributed by atoms with E-state index >= 15 is 0 Å². The van der Waals surface area contributed by atoms with Gasteiger partial charge in [-0.1, -0.05) is 79.3 Å². The topological polar surface area (TPSA) is 0 Å². The fraction of sp³-hybridized carbons (Fsp3) is 0.294.